The van der Waals surface area contributed by atoms with E-state index in [1.807, 2.05) is 27.7 Å². The third-order valence-electron chi connectivity index (χ3n) is 5.57. The van der Waals surface area contributed by atoms with Gasteiger partial charge in [0.05, 0.1) is 18.8 Å². The molecule has 6 N–H and O–H groups in total. The van der Waals surface area contributed by atoms with Crippen LogP contribution in [0.1, 0.15) is 41.0 Å². The fourth-order valence-corrected chi connectivity index (χ4v) is 2.99. The van der Waals surface area contributed by atoms with Crippen molar-refractivity contribution in [3.8, 4) is 0 Å². The van der Waals surface area contributed by atoms with Crippen molar-refractivity contribution in [3.63, 3.8) is 0 Å². The highest BCUT2D eigenvalue weighted by Gasteiger charge is 2.28. The average Bonchev–Trinajstić information content (AvgIpc) is 2.72. The molecule has 0 aliphatic heterocycles. The third-order valence-corrected chi connectivity index (χ3v) is 5.57. The number of nitrogens with one attached hydrogen (secondary N) is 1. The van der Waals surface area contributed by atoms with Crippen molar-refractivity contribution in [1.82, 2.24) is 5.32 Å². The van der Waals surface area contributed by atoms with E-state index in [1.54, 1.807) is 19.1 Å². The second-order valence-electron chi connectivity index (χ2n) is 9.50. The molecule has 33 heavy (non-hydrogen) atoms. The van der Waals surface area contributed by atoms with E-state index in [0.29, 0.717) is 38.5 Å². The normalized spacial score (nSPS) is 20.0. The summed E-state index contributed by atoms with van der Waals surface area (Å²) in [6, 6.07) is 0. The zero-order valence-corrected chi connectivity index (χ0v) is 20.5. The van der Waals surface area contributed by atoms with Crippen molar-refractivity contribution in [2.45, 2.75) is 59.2 Å². The molecule has 10 heteroatoms. The predicted molar refractivity (Wildman–Crippen MR) is 123 cm³/mol. The maximum Gasteiger partial charge on any atom is 0.513 e. The third kappa shape index (κ3) is 11.4. The number of nitrogens with two attached hydrogens (primary N) is 1. The molecule has 3 atom stereocenters. The standard InChI is InChI=1S/C23H42N2O8/c1-16-14-17(6-7-18(16)19(26)27)33-21(29)31-13-12-30-11-9-25-20(28)22(2,3)8-10-32-23(4,5)15-24/h6-7,14,16,18-20,25-28H,8-13,15,24H2,1-5H3. The molecule has 0 heterocycles. The molecule has 1 rings (SSSR count). The van der Waals surface area contributed by atoms with Crippen LogP contribution in [0.15, 0.2) is 24.0 Å². The number of hydrogen-bond acceptors (Lipinski definition) is 10. The van der Waals surface area contributed by atoms with Gasteiger partial charge in [-0.3, -0.25) is 5.32 Å². The largest absolute Gasteiger partial charge is 0.513 e. The number of ether oxygens (including phenoxy) is 4. The van der Waals surface area contributed by atoms with Gasteiger partial charge in [0.1, 0.15) is 18.6 Å². The summed E-state index contributed by atoms with van der Waals surface area (Å²) in [5.41, 5.74) is 4.87. The lowest BCUT2D eigenvalue weighted by atomic mass is 9.87. The number of allylic oxidation sites excluding steroid dienone is 2. The lowest BCUT2D eigenvalue weighted by Crippen LogP contribution is -2.44. The van der Waals surface area contributed by atoms with Crippen molar-refractivity contribution in [1.29, 1.82) is 0 Å². The average molecular weight is 475 g/mol. The van der Waals surface area contributed by atoms with Gasteiger partial charge in [-0.2, -0.15) is 0 Å². The molecular formula is C23H42N2O8. The summed E-state index contributed by atoms with van der Waals surface area (Å²) >= 11 is 0. The molecule has 0 saturated heterocycles. The number of hydrogen-bond donors (Lipinski definition) is 5. The molecule has 1 aliphatic carbocycles. The second kappa shape index (κ2) is 14.0. The zero-order chi connectivity index (χ0) is 25.1. The molecule has 0 fully saturated rings. The van der Waals surface area contributed by atoms with Crippen LogP contribution < -0.4 is 11.1 Å². The number of rotatable bonds is 15. The van der Waals surface area contributed by atoms with Crippen LogP contribution in [-0.4, -0.2) is 79.1 Å². The summed E-state index contributed by atoms with van der Waals surface area (Å²) in [7, 11) is 0. The van der Waals surface area contributed by atoms with E-state index in [2.05, 4.69) is 5.32 Å². The molecule has 192 valence electrons. The fourth-order valence-electron chi connectivity index (χ4n) is 2.99. The molecular weight excluding hydrogens is 432 g/mol. The molecule has 0 bridgehead atoms. The van der Waals surface area contributed by atoms with Crippen LogP contribution in [-0.2, 0) is 18.9 Å². The van der Waals surface area contributed by atoms with Gasteiger partial charge < -0.3 is 40.0 Å². The maximum absolute atomic E-state index is 11.8. The molecule has 0 aromatic heterocycles. The SMILES string of the molecule is CC1C=C(OC(=O)OCCOCCNC(O)C(C)(C)CCOC(C)(C)CN)C=CC1C(O)O. The minimum absolute atomic E-state index is 0.0195. The molecule has 1 aliphatic rings. The van der Waals surface area contributed by atoms with Gasteiger partial charge in [0.25, 0.3) is 0 Å². The smallest absolute Gasteiger partial charge is 0.432 e. The minimum Gasteiger partial charge on any atom is -0.432 e. The molecule has 0 saturated carbocycles. The van der Waals surface area contributed by atoms with Gasteiger partial charge in [0.15, 0.2) is 6.29 Å². The topological polar surface area (TPSA) is 153 Å². The van der Waals surface area contributed by atoms with Crippen LogP contribution in [0.25, 0.3) is 0 Å². The van der Waals surface area contributed by atoms with Gasteiger partial charge in [-0.25, -0.2) is 4.79 Å². The molecule has 0 radical (unpaired) electrons. The Morgan fingerprint density at radius 2 is 1.85 bits per heavy atom. The Labute approximate surface area is 196 Å². The molecule has 0 spiro atoms. The quantitative estimate of drug-likeness (QED) is 0.133. The Hall–Kier alpha value is -1.53. The Morgan fingerprint density at radius 1 is 1.15 bits per heavy atom. The van der Waals surface area contributed by atoms with Crippen molar-refractivity contribution < 1.29 is 39.1 Å². The predicted octanol–water partition coefficient (Wildman–Crippen LogP) is 1.25. The zero-order valence-electron chi connectivity index (χ0n) is 20.5. The van der Waals surface area contributed by atoms with E-state index in [1.165, 1.54) is 6.08 Å². The van der Waals surface area contributed by atoms with E-state index in [0.717, 1.165) is 0 Å². The van der Waals surface area contributed by atoms with E-state index < -0.39 is 30.0 Å². The number of carbonyl (C=O) groups is 1. The number of aliphatic hydroxyl groups excluding tert-OH is 2. The Balaban J connectivity index is 2.14. The first-order valence-corrected chi connectivity index (χ1v) is 11.3. The van der Waals surface area contributed by atoms with Gasteiger partial charge in [0.2, 0.25) is 0 Å². The van der Waals surface area contributed by atoms with Crippen LogP contribution >= 0.6 is 0 Å². The van der Waals surface area contributed by atoms with Crippen LogP contribution in [0.5, 0.6) is 0 Å². The number of aliphatic hydroxyl groups is 3. The van der Waals surface area contributed by atoms with Crippen LogP contribution in [0, 0.1) is 17.3 Å². The van der Waals surface area contributed by atoms with Crippen LogP contribution in [0.3, 0.4) is 0 Å². The van der Waals surface area contributed by atoms with E-state index in [-0.39, 0.29) is 24.7 Å². The Bertz CT molecular complexity index is 648. The molecule has 10 nitrogen and oxygen atoms in total. The lowest BCUT2D eigenvalue weighted by molar-refractivity contribution is -0.0791. The number of carbonyl (C=O) groups excluding carboxylic acids is 1. The monoisotopic (exact) mass is 474 g/mol. The fraction of sp³-hybridized carbons (Fsp3) is 0.783. The van der Waals surface area contributed by atoms with E-state index in [4.69, 9.17) is 24.7 Å². The van der Waals surface area contributed by atoms with Gasteiger partial charge in [0, 0.05) is 31.0 Å². The van der Waals surface area contributed by atoms with Crippen molar-refractivity contribution >= 4 is 6.16 Å². The molecule has 3 unspecified atom stereocenters. The van der Waals surface area contributed by atoms with E-state index >= 15 is 0 Å². The summed E-state index contributed by atoms with van der Waals surface area (Å²) in [5, 5.41) is 31.9. The lowest BCUT2D eigenvalue weighted by Gasteiger charge is -2.33. The van der Waals surface area contributed by atoms with Gasteiger partial charge >= 0.3 is 6.16 Å². The Morgan fingerprint density at radius 3 is 2.45 bits per heavy atom. The van der Waals surface area contributed by atoms with Crippen molar-refractivity contribution in [2.75, 3.05) is 39.5 Å². The van der Waals surface area contributed by atoms with Crippen molar-refractivity contribution in [3.05, 3.63) is 24.0 Å². The first kappa shape index (κ1) is 29.5. The second-order valence-corrected chi connectivity index (χ2v) is 9.50. The Kier molecular flexibility index (Phi) is 12.5. The van der Waals surface area contributed by atoms with Crippen molar-refractivity contribution in [2.24, 2.45) is 23.0 Å². The first-order valence-electron chi connectivity index (χ1n) is 11.3. The first-order chi connectivity index (χ1) is 15.4. The van der Waals surface area contributed by atoms with Gasteiger partial charge in [-0.1, -0.05) is 26.8 Å². The maximum atomic E-state index is 11.8. The highest BCUT2D eigenvalue weighted by atomic mass is 16.7. The molecule has 0 aromatic rings. The van der Waals surface area contributed by atoms with Crippen LogP contribution in [0.4, 0.5) is 4.79 Å². The molecule has 0 aromatic carbocycles. The summed E-state index contributed by atoms with van der Waals surface area (Å²) in [6.45, 7) is 11.4. The summed E-state index contributed by atoms with van der Waals surface area (Å²) in [5.74, 6) is -0.349. The summed E-state index contributed by atoms with van der Waals surface area (Å²) < 4.78 is 21.2. The minimum atomic E-state index is -1.47. The summed E-state index contributed by atoms with van der Waals surface area (Å²) in [4.78, 5) is 11.8. The summed E-state index contributed by atoms with van der Waals surface area (Å²) in [6.07, 6.45) is 2.31. The highest BCUT2D eigenvalue weighted by Crippen LogP contribution is 2.26. The highest BCUT2D eigenvalue weighted by molar-refractivity contribution is 5.62. The van der Waals surface area contributed by atoms with Crippen LogP contribution in [0.2, 0.25) is 0 Å². The van der Waals surface area contributed by atoms with E-state index in [9.17, 15) is 20.1 Å². The van der Waals surface area contributed by atoms with Gasteiger partial charge in [-0.05, 0) is 38.3 Å². The van der Waals surface area contributed by atoms with Gasteiger partial charge in [-0.15, -0.1) is 0 Å². The molecule has 0 amide bonds.